The first-order valence-corrected chi connectivity index (χ1v) is 20.6. The molecule has 9 aromatic carbocycles. The summed E-state index contributed by atoms with van der Waals surface area (Å²) in [5.74, 6) is -0.838. The van der Waals surface area contributed by atoms with Gasteiger partial charge >= 0.3 is 0 Å². The molecule has 5 nitrogen and oxygen atoms in total. The predicted molar refractivity (Wildman–Crippen MR) is 262 cm³/mol. The topological polar surface area (TPSA) is 56.7 Å². The van der Waals surface area contributed by atoms with Gasteiger partial charge in [-0.15, -0.1) is 11.3 Å². The SMILES string of the molecule is [2H]c1c([2H])c(-c2ccccc2)c2c(oc3c([2H])c(-c4nc(-c5cccc(-c6cccc(-c7ccccc7)c6)c5)nc(-n5c6c([2H])c([2H])c([2H])c([2H])c6c6c([2H])c([2H])c7c(sc8c([2H])c([2H])c([2H])c([2H])c87)c65)n4)c([2H])c([2H])c32)c1[2H]. The fraction of sp³-hybridized carbons (Fsp3) is 0. The summed E-state index contributed by atoms with van der Waals surface area (Å²) >= 11 is 0.873. The van der Waals surface area contributed by atoms with Crippen molar-refractivity contribution in [2.45, 2.75) is 0 Å². The van der Waals surface area contributed by atoms with Crippen LogP contribution in [0.25, 0.3) is 126 Å². The molecule has 13 aromatic rings. The number of benzene rings is 9. The van der Waals surface area contributed by atoms with E-state index < -0.39 is 90.6 Å². The zero-order chi connectivity index (χ0) is 55.4. The lowest BCUT2D eigenvalue weighted by Gasteiger charge is -2.12. The van der Waals surface area contributed by atoms with E-state index in [0.29, 0.717) is 11.1 Å². The molecule has 0 radical (unpaired) electrons. The molecular formula is C57H34N4OS. The molecule has 0 fully saturated rings. The average Bonchev–Trinajstić information content (AvgIpc) is 4.31. The third-order valence-corrected chi connectivity index (χ3v) is 12.2. The van der Waals surface area contributed by atoms with E-state index in [1.807, 2.05) is 66.7 Å². The number of fused-ring (bicyclic) bond motifs is 10. The van der Waals surface area contributed by atoms with E-state index in [1.54, 1.807) is 42.5 Å². The summed E-state index contributed by atoms with van der Waals surface area (Å²) in [5, 5.41) is -0.394. The van der Waals surface area contributed by atoms with Gasteiger partial charge in [0, 0.05) is 48.1 Å². The van der Waals surface area contributed by atoms with Crippen molar-refractivity contribution in [3.63, 3.8) is 0 Å². The van der Waals surface area contributed by atoms with Crippen LogP contribution in [0.15, 0.2) is 210 Å². The third kappa shape index (κ3) is 5.80. The fourth-order valence-electron chi connectivity index (χ4n) is 8.20. The first kappa shape index (κ1) is 23.1. The van der Waals surface area contributed by atoms with Crippen LogP contribution in [0.4, 0.5) is 0 Å². The van der Waals surface area contributed by atoms with E-state index in [1.165, 1.54) is 4.57 Å². The van der Waals surface area contributed by atoms with E-state index in [-0.39, 0.29) is 98.7 Å². The smallest absolute Gasteiger partial charge is 0.238 e. The zero-order valence-electron chi connectivity index (χ0n) is 48.5. The number of nitrogens with zero attached hydrogens (tertiary/aromatic N) is 4. The molecule has 6 heteroatoms. The molecule has 4 heterocycles. The average molecular weight is 839 g/mol. The molecule has 4 aromatic heterocycles. The van der Waals surface area contributed by atoms with Crippen LogP contribution >= 0.6 is 11.3 Å². The predicted octanol–water partition coefficient (Wildman–Crippen LogP) is 15.6. The molecule has 0 saturated heterocycles. The molecule has 0 N–H and O–H groups in total. The largest absolute Gasteiger partial charge is 0.456 e. The van der Waals surface area contributed by atoms with Crippen molar-refractivity contribution in [1.29, 1.82) is 0 Å². The van der Waals surface area contributed by atoms with Gasteiger partial charge in [-0.2, -0.15) is 9.97 Å². The molecule has 63 heavy (non-hydrogen) atoms. The lowest BCUT2D eigenvalue weighted by atomic mass is 9.98. The Balaban J connectivity index is 1.17. The summed E-state index contributed by atoms with van der Waals surface area (Å²) in [6.45, 7) is 0. The van der Waals surface area contributed by atoms with Crippen LogP contribution in [0.1, 0.15) is 21.9 Å². The highest BCUT2D eigenvalue weighted by Gasteiger charge is 2.22. The lowest BCUT2D eigenvalue weighted by molar-refractivity contribution is 0.669. The summed E-state index contributed by atoms with van der Waals surface area (Å²) in [6.07, 6.45) is 0. The highest BCUT2D eigenvalue weighted by atomic mass is 32.1. The van der Waals surface area contributed by atoms with Crippen molar-refractivity contribution in [2.24, 2.45) is 0 Å². The maximum Gasteiger partial charge on any atom is 0.238 e. The van der Waals surface area contributed by atoms with E-state index >= 15 is 0 Å². The molecule has 294 valence electrons. The number of aromatic nitrogens is 4. The Kier molecular flexibility index (Phi) is 5.22. The van der Waals surface area contributed by atoms with Crippen LogP contribution in [0, 0.1) is 0 Å². The Labute approximate surface area is 388 Å². The Hall–Kier alpha value is -8.19. The van der Waals surface area contributed by atoms with Gasteiger partial charge in [-0.3, -0.25) is 4.57 Å². The molecule has 0 unspecified atom stereocenters. The highest BCUT2D eigenvalue weighted by Crippen LogP contribution is 2.43. The molecule has 13 rings (SSSR count). The highest BCUT2D eigenvalue weighted by molar-refractivity contribution is 7.26. The van der Waals surface area contributed by atoms with Gasteiger partial charge in [0.05, 0.1) is 37.7 Å². The van der Waals surface area contributed by atoms with Gasteiger partial charge in [0.25, 0.3) is 0 Å². The van der Waals surface area contributed by atoms with Gasteiger partial charge in [0.1, 0.15) is 11.2 Å². The van der Waals surface area contributed by atoms with E-state index in [9.17, 15) is 9.60 Å². The number of hydrogen-bond acceptors (Lipinski definition) is 5. The van der Waals surface area contributed by atoms with Crippen molar-refractivity contribution >= 4 is 75.3 Å². The van der Waals surface area contributed by atoms with Crippen molar-refractivity contribution in [1.82, 2.24) is 19.5 Å². The van der Waals surface area contributed by atoms with Crippen molar-refractivity contribution < 1.29 is 26.3 Å². The number of hydrogen-bond donors (Lipinski definition) is 0. The minimum Gasteiger partial charge on any atom is -0.456 e. The van der Waals surface area contributed by atoms with Crippen LogP contribution in [-0.4, -0.2) is 19.5 Å². The fourth-order valence-corrected chi connectivity index (χ4v) is 9.30. The van der Waals surface area contributed by atoms with E-state index in [4.69, 9.17) is 31.7 Å². The molecule has 0 aliphatic carbocycles. The molecule has 0 aliphatic rings. The Bertz CT molecular complexity index is 4870. The van der Waals surface area contributed by atoms with Crippen LogP contribution in [0.5, 0.6) is 0 Å². The summed E-state index contributed by atoms with van der Waals surface area (Å²) in [4.78, 5) is 14.9. The standard InChI is InChI=1S/C57H34N4OS/c1-3-14-35(15-4-1)37-18-11-19-38(32-37)39-20-12-21-40(33-39)55-58-56(41-28-29-47-50(34-41)62-49-26-13-24-42(52(47)49)36-16-5-2-6-17-36)60-57(59-55)61-48-25-9-7-22-43(48)45-30-31-46-44-23-8-10-27-51(44)63-54(46)53(45)61/h1-34H/i7D,8D,9D,10D,13D,22D,23D,24D,25D,26D,27D,28D,29D,30D,31D,34D. The van der Waals surface area contributed by atoms with Gasteiger partial charge in [0.2, 0.25) is 5.95 Å². The number of rotatable bonds is 6. The second kappa shape index (κ2) is 14.2. The minimum atomic E-state index is -0.669. The Morgan fingerprint density at radius 1 is 0.460 bits per heavy atom. The van der Waals surface area contributed by atoms with Crippen LogP contribution in [0.2, 0.25) is 0 Å². The molecule has 0 bridgehead atoms. The first-order chi connectivity index (χ1) is 37.9. The number of thiophene rings is 1. The molecule has 0 aliphatic heterocycles. The molecule has 0 atom stereocenters. The van der Waals surface area contributed by atoms with E-state index in [2.05, 4.69) is 0 Å². The van der Waals surface area contributed by atoms with Gasteiger partial charge < -0.3 is 4.42 Å². The maximum absolute atomic E-state index is 9.86. The summed E-state index contributed by atoms with van der Waals surface area (Å²) in [7, 11) is 0. The summed E-state index contributed by atoms with van der Waals surface area (Å²) in [5.41, 5.74) is 3.37. The number of furan rings is 1. The van der Waals surface area contributed by atoms with Gasteiger partial charge in [-0.1, -0.05) is 164 Å². The normalized spacial score (nSPS) is 15.4. The third-order valence-electron chi connectivity index (χ3n) is 11.1. The second-order valence-corrected chi connectivity index (χ2v) is 15.8. The molecule has 0 amide bonds. The molecular weight excluding hydrogens is 789 g/mol. The second-order valence-electron chi connectivity index (χ2n) is 14.7. The van der Waals surface area contributed by atoms with Gasteiger partial charge in [-0.25, -0.2) is 4.98 Å². The van der Waals surface area contributed by atoms with Crippen molar-refractivity contribution in [2.75, 3.05) is 0 Å². The monoisotopic (exact) mass is 838 g/mol. The summed E-state index contributed by atoms with van der Waals surface area (Å²) < 4.78 is 154. The quantitative estimate of drug-likeness (QED) is 0.167. The van der Waals surface area contributed by atoms with Gasteiger partial charge in [0.15, 0.2) is 11.6 Å². The minimum absolute atomic E-state index is 0.0365. The first-order valence-electron chi connectivity index (χ1n) is 27.8. The van der Waals surface area contributed by atoms with Crippen molar-refractivity contribution in [3.05, 3.63) is 206 Å². The zero-order valence-corrected chi connectivity index (χ0v) is 33.3. The Morgan fingerprint density at radius 2 is 1.10 bits per heavy atom. The Morgan fingerprint density at radius 3 is 1.90 bits per heavy atom. The summed E-state index contributed by atoms with van der Waals surface area (Å²) in [6, 6.07) is 25.2. The number of para-hydroxylation sites is 1. The van der Waals surface area contributed by atoms with Crippen LogP contribution in [0.3, 0.4) is 0 Å². The lowest BCUT2D eigenvalue weighted by Crippen LogP contribution is -2.06. The van der Waals surface area contributed by atoms with E-state index in [0.717, 1.165) is 33.6 Å². The maximum atomic E-state index is 9.86. The van der Waals surface area contributed by atoms with Crippen molar-refractivity contribution in [3.8, 4) is 62.1 Å². The molecule has 0 saturated carbocycles. The molecule has 0 spiro atoms. The van der Waals surface area contributed by atoms with Gasteiger partial charge in [-0.05, 0) is 75.7 Å². The van der Waals surface area contributed by atoms with Crippen LogP contribution in [-0.2, 0) is 0 Å². The van der Waals surface area contributed by atoms with Crippen LogP contribution < -0.4 is 0 Å².